The van der Waals surface area contributed by atoms with Crippen LogP contribution in [0.1, 0.15) is 42.2 Å². The van der Waals surface area contributed by atoms with Gasteiger partial charge >= 0.3 is 5.97 Å². The smallest absolute Gasteiger partial charge is 0.339 e. The molecular formula is C14H22N2O3. The maximum absolute atomic E-state index is 11.1. The summed E-state index contributed by atoms with van der Waals surface area (Å²) in [6, 6.07) is 1.74. The van der Waals surface area contributed by atoms with Crippen LogP contribution in [0.4, 0.5) is 5.69 Å². The van der Waals surface area contributed by atoms with E-state index in [0.29, 0.717) is 18.2 Å². The van der Waals surface area contributed by atoms with Crippen LogP contribution in [0.15, 0.2) is 12.3 Å². The average molecular weight is 266 g/mol. The molecule has 0 saturated heterocycles. The van der Waals surface area contributed by atoms with Crippen molar-refractivity contribution in [1.82, 2.24) is 4.98 Å². The molecule has 1 unspecified atom stereocenters. The second-order valence-corrected chi connectivity index (χ2v) is 4.72. The van der Waals surface area contributed by atoms with Crippen molar-refractivity contribution in [3.8, 4) is 0 Å². The minimum atomic E-state index is -0.982. The Kier molecular flexibility index (Phi) is 6.29. The van der Waals surface area contributed by atoms with E-state index in [4.69, 9.17) is 10.2 Å². The molecule has 0 amide bonds. The molecule has 1 aromatic rings. The lowest BCUT2D eigenvalue weighted by atomic mass is 10.00. The molecule has 106 valence electrons. The number of nitrogens with one attached hydrogen (secondary N) is 1. The van der Waals surface area contributed by atoms with Gasteiger partial charge in [-0.25, -0.2) is 4.79 Å². The van der Waals surface area contributed by atoms with E-state index in [2.05, 4.69) is 17.2 Å². The minimum absolute atomic E-state index is 0.160. The maximum Gasteiger partial charge on any atom is 0.339 e. The van der Waals surface area contributed by atoms with Crippen molar-refractivity contribution in [1.29, 1.82) is 0 Å². The third-order valence-electron chi connectivity index (χ3n) is 3.09. The van der Waals surface area contributed by atoms with Gasteiger partial charge in [0.15, 0.2) is 0 Å². The highest BCUT2D eigenvalue weighted by Crippen LogP contribution is 2.18. The van der Waals surface area contributed by atoms with Gasteiger partial charge in [0.25, 0.3) is 0 Å². The predicted octanol–water partition coefficient (Wildman–Crippen LogP) is 2.30. The lowest BCUT2D eigenvalue weighted by Gasteiger charge is -2.17. The Bertz CT molecular complexity index is 415. The normalized spacial score (nSPS) is 12.2. The van der Waals surface area contributed by atoms with Gasteiger partial charge in [0.1, 0.15) is 5.56 Å². The topological polar surface area (TPSA) is 82.5 Å². The maximum atomic E-state index is 11.1. The Labute approximate surface area is 113 Å². The summed E-state index contributed by atoms with van der Waals surface area (Å²) < 4.78 is 0. The molecule has 0 bridgehead atoms. The first-order chi connectivity index (χ1) is 9.08. The van der Waals surface area contributed by atoms with Gasteiger partial charge in [-0.05, 0) is 31.7 Å². The molecule has 0 aromatic carbocycles. The number of aryl methyl sites for hydroxylation is 1. The number of aromatic nitrogens is 1. The number of hydrogen-bond acceptors (Lipinski definition) is 4. The van der Waals surface area contributed by atoms with Gasteiger partial charge in [0, 0.05) is 25.0 Å². The first kappa shape index (κ1) is 15.4. The largest absolute Gasteiger partial charge is 0.478 e. The fourth-order valence-electron chi connectivity index (χ4n) is 2.07. The SMILES string of the molecule is CCCC(CCO)CNc1cc(C)ncc1C(=O)O. The highest BCUT2D eigenvalue weighted by Gasteiger charge is 2.13. The van der Waals surface area contributed by atoms with Crippen LogP contribution < -0.4 is 5.32 Å². The van der Waals surface area contributed by atoms with Gasteiger partial charge in [-0.15, -0.1) is 0 Å². The van der Waals surface area contributed by atoms with Crippen molar-refractivity contribution in [3.05, 3.63) is 23.5 Å². The summed E-state index contributed by atoms with van der Waals surface area (Å²) in [6.45, 7) is 4.75. The van der Waals surface area contributed by atoms with E-state index in [-0.39, 0.29) is 12.2 Å². The minimum Gasteiger partial charge on any atom is -0.478 e. The van der Waals surface area contributed by atoms with Crippen molar-refractivity contribution in [2.75, 3.05) is 18.5 Å². The Hall–Kier alpha value is -1.62. The van der Waals surface area contributed by atoms with Crippen molar-refractivity contribution in [2.45, 2.75) is 33.1 Å². The number of nitrogens with zero attached hydrogens (tertiary/aromatic N) is 1. The van der Waals surface area contributed by atoms with Crippen LogP contribution in [0.25, 0.3) is 0 Å². The molecular weight excluding hydrogens is 244 g/mol. The summed E-state index contributed by atoms with van der Waals surface area (Å²) in [5, 5.41) is 21.3. The van der Waals surface area contributed by atoms with Gasteiger partial charge in [-0.1, -0.05) is 13.3 Å². The number of aromatic carboxylic acids is 1. The third-order valence-corrected chi connectivity index (χ3v) is 3.09. The molecule has 1 rings (SSSR count). The molecule has 1 aromatic heterocycles. The molecule has 3 N–H and O–H groups in total. The Morgan fingerprint density at radius 2 is 2.21 bits per heavy atom. The third kappa shape index (κ3) is 4.87. The summed E-state index contributed by atoms with van der Waals surface area (Å²) in [7, 11) is 0. The molecule has 0 saturated carbocycles. The quantitative estimate of drug-likeness (QED) is 0.672. The number of pyridine rings is 1. The number of carbonyl (C=O) groups is 1. The molecule has 1 atom stereocenters. The Morgan fingerprint density at radius 3 is 2.79 bits per heavy atom. The standard InChI is InChI=1S/C14H22N2O3/c1-3-4-11(5-6-17)8-16-13-7-10(2)15-9-12(13)14(18)19/h7,9,11,17H,3-6,8H2,1-2H3,(H,15,16)(H,18,19). The summed E-state index contributed by atoms with van der Waals surface area (Å²) in [4.78, 5) is 15.1. The molecule has 5 heteroatoms. The first-order valence-corrected chi connectivity index (χ1v) is 6.63. The number of carboxylic acids is 1. The Balaban J connectivity index is 2.74. The average Bonchev–Trinajstić information content (AvgIpc) is 2.36. The van der Waals surface area contributed by atoms with Crippen LogP contribution in [0, 0.1) is 12.8 Å². The fraction of sp³-hybridized carbons (Fsp3) is 0.571. The highest BCUT2D eigenvalue weighted by atomic mass is 16.4. The van der Waals surface area contributed by atoms with Crippen LogP contribution in [-0.4, -0.2) is 34.3 Å². The van der Waals surface area contributed by atoms with E-state index in [1.165, 1.54) is 6.20 Å². The molecule has 19 heavy (non-hydrogen) atoms. The zero-order valence-electron chi connectivity index (χ0n) is 11.5. The van der Waals surface area contributed by atoms with Gasteiger partial charge in [0.05, 0.1) is 5.69 Å². The Morgan fingerprint density at radius 1 is 1.47 bits per heavy atom. The van der Waals surface area contributed by atoms with Gasteiger partial charge < -0.3 is 15.5 Å². The van der Waals surface area contributed by atoms with Crippen LogP contribution in [0.5, 0.6) is 0 Å². The number of aliphatic hydroxyl groups is 1. The number of rotatable bonds is 8. The summed E-state index contributed by atoms with van der Waals surface area (Å²) in [6.07, 6.45) is 4.17. The number of hydrogen-bond donors (Lipinski definition) is 3. The van der Waals surface area contributed by atoms with Crippen LogP contribution in [0.2, 0.25) is 0 Å². The van der Waals surface area contributed by atoms with E-state index in [0.717, 1.165) is 25.0 Å². The van der Waals surface area contributed by atoms with E-state index < -0.39 is 5.97 Å². The molecule has 5 nitrogen and oxygen atoms in total. The van der Waals surface area contributed by atoms with Gasteiger partial charge in [-0.2, -0.15) is 0 Å². The first-order valence-electron chi connectivity index (χ1n) is 6.63. The van der Waals surface area contributed by atoms with E-state index in [1.54, 1.807) is 6.07 Å². The lowest BCUT2D eigenvalue weighted by molar-refractivity contribution is 0.0697. The van der Waals surface area contributed by atoms with Gasteiger partial charge in [0.2, 0.25) is 0 Å². The van der Waals surface area contributed by atoms with Crippen LogP contribution in [0.3, 0.4) is 0 Å². The molecule has 0 radical (unpaired) electrons. The monoisotopic (exact) mass is 266 g/mol. The molecule has 1 heterocycles. The van der Waals surface area contributed by atoms with Gasteiger partial charge in [-0.3, -0.25) is 4.98 Å². The number of anilines is 1. The van der Waals surface area contributed by atoms with E-state index in [1.807, 2.05) is 6.92 Å². The van der Waals surface area contributed by atoms with Crippen molar-refractivity contribution in [3.63, 3.8) is 0 Å². The fourth-order valence-corrected chi connectivity index (χ4v) is 2.07. The van der Waals surface area contributed by atoms with Crippen molar-refractivity contribution < 1.29 is 15.0 Å². The predicted molar refractivity (Wildman–Crippen MR) is 74.5 cm³/mol. The molecule has 0 fully saturated rings. The molecule has 0 spiro atoms. The summed E-state index contributed by atoms with van der Waals surface area (Å²) in [5.74, 6) is -0.630. The number of aliphatic hydroxyl groups excluding tert-OH is 1. The molecule has 0 aliphatic rings. The second-order valence-electron chi connectivity index (χ2n) is 4.72. The molecule has 0 aliphatic carbocycles. The number of carboxylic acid groups (broad SMARTS) is 1. The lowest BCUT2D eigenvalue weighted by Crippen LogP contribution is -2.17. The van der Waals surface area contributed by atoms with E-state index in [9.17, 15) is 4.79 Å². The zero-order chi connectivity index (χ0) is 14.3. The van der Waals surface area contributed by atoms with E-state index >= 15 is 0 Å². The van der Waals surface area contributed by atoms with Crippen molar-refractivity contribution in [2.24, 2.45) is 5.92 Å². The molecule has 0 aliphatic heterocycles. The second kappa shape index (κ2) is 7.74. The van der Waals surface area contributed by atoms with Crippen LogP contribution >= 0.6 is 0 Å². The highest BCUT2D eigenvalue weighted by molar-refractivity contribution is 5.93. The summed E-state index contributed by atoms with van der Waals surface area (Å²) >= 11 is 0. The summed E-state index contributed by atoms with van der Waals surface area (Å²) in [5.41, 5.74) is 1.56. The zero-order valence-corrected chi connectivity index (χ0v) is 11.5. The van der Waals surface area contributed by atoms with Crippen LogP contribution in [-0.2, 0) is 0 Å². The van der Waals surface area contributed by atoms with Crippen molar-refractivity contribution >= 4 is 11.7 Å².